The first-order valence-electron chi connectivity index (χ1n) is 5.66. The number of anilines is 1. The second-order valence-electron chi connectivity index (χ2n) is 4.25. The smallest absolute Gasteiger partial charge is 0.291 e. The van der Waals surface area contributed by atoms with Crippen LogP contribution < -0.4 is 5.32 Å². The summed E-state index contributed by atoms with van der Waals surface area (Å²) in [7, 11) is 3.39. The Morgan fingerprint density at radius 1 is 1.37 bits per heavy atom. The third-order valence-electron chi connectivity index (χ3n) is 2.50. The highest BCUT2D eigenvalue weighted by atomic mass is 32.1. The number of nitrogens with one attached hydrogen (secondary N) is 1. The Kier molecular flexibility index (Phi) is 3.71. The van der Waals surface area contributed by atoms with Gasteiger partial charge in [0.05, 0.1) is 16.1 Å². The molecule has 0 bridgehead atoms. The van der Waals surface area contributed by atoms with Gasteiger partial charge in [0.1, 0.15) is 0 Å². The van der Waals surface area contributed by atoms with E-state index >= 15 is 0 Å². The van der Waals surface area contributed by atoms with Crippen molar-refractivity contribution in [2.75, 3.05) is 19.4 Å². The normalized spacial score (nSPS) is 10.3. The van der Waals surface area contributed by atoms with Crippen LogP contribution in [0.5, 0.6) is 0 Å². The molecule has 2 amide bonds. The topological polar surface area (TPSA) is 62.6 Å². The van der Waals surface area contributed by atoms with Gasteiger partial charge in [-0.15, -0.1) is 11.3 Å². The van der Waals surface area contributed by atoms with Gasteiger partial charge < -0.3 is 14.6 Å². The van der Waals surface area contributed by atoms with Gasteiger partial charge in [-0.3, -0.25) is 9.59 Å². The average molecular weight is 278 g/mol. The minimum Gasteiger partial charge on any atom is -0.459 e. The van der Waals surface area contributed by atoms with Crippen molar-refractivity contribution in [3.8, 4) is 0 Å². The first kappa shape index (κ1) is 13.4. The maximum atomic E-state index is 11.9. The molecule has 0 spiro atoms. The monoisotopic (exact) mass is 278 g/mol. The number of thiophene rings is 1. The second kappa shape index (κ2) is 5.27. The SMILES string of the molecule is Cc1cc(NC(=O)c2ccco2)sc1C(=O)N(C)C. The van der Waals surface area contributed by atoms with Gasteiger partial charge >= 0.3 is 0 Å². The quantitative estimate of drug-likeness (QED) is 0.938. The Balaban J connectivity index is 2.17. The molecule has 2 aromatic rings. The van der Waals surface area contributed by atoms with Crippen molar-refractivity contribution in [3.05, 3.63) is 40.7 Å². The summed E-state index contributed by atoms with van der Waals surface area (Å²) in [6.45, 7) is 1.84. The van der Waals surface area contributed by atoms with E-state index in [0.29, 0.717) is 9.88 Å². The van der Waals surface area contributed by atoms with E-state index in [4.69, 9.17) is 4.42 Å². The van der Waals surface area contributed by atoms with Gasteiger partial charge in [-0.1, -0.05) is 0 Å². The van der Waals surface area contributed by atoms with Gasteiger partial charge in [-0.2, -0.15) is 0 Å². The average Bonchev–Trinajstić information content (AvgIpc) is 2.97. The van der Waals surface area contributed by atoms with Crippen LogP contribution in [-0.2, 0) is 0 Å². The van der Waals surface area contributed by atoms with Crippen LogP contribution in [0.2, 0.25) is 0 Å². The summed E-state index contributed by atoms with van der Waals surface area (Å²) in [6, 6.07) is 5.01. The predicted molar refractivity (Wildman–Crippen MR) is 73.7 cm³/mol. The maximum absolute atomic E-state index is 11.9. The molecule has 2 aromatic heterocycles. The van der Waals surface area contributed by atoms with Crippen molar-refractivity contribution in [2.45, 2.75) is 6.92 Å². The van der Waals surface area contributed by atoms with E-state index in [1.54, 1.807) is 32.3 Å². The van der Waals surface area contributed by atoms with E-state index in [-0.39, 0.29) is 17.6 Å². The molecule has 0 aliphatic carbocycles. The highest BCUT2D eigenvalue weighted by molar-refractivity contribution is 7.18. The molecule has 5 nitrogen and oxygen atoms in total. The van der Waals surface area contributed by atoms with Crippen molar-refractivity contribution in [3.63, 3.8) is 0 Å². The third kappa shape index (κ3) is 2.85. The van der Waals surface area contributed by atoms with Crippen LogP contribution in [0.4, 0.5) is 5.00 Å². The first-order valence-corrected chi connectivity index (χ1v) is 6.47. The van der Waals surface area contributed by atoms with E-state index in [9.17, 15) is 9.59 Å². The zero-order chi connectivity index (χ0) is 14.0. The molecular weight excluding hydrogens is 264 g/mol. The number of amides is 2. The lowest BCUT2D eigenvalue weighted by atomic mass is 10.2. The zero-order valence-electron chi connectivity index (χ0n) is 10.9. The number of rotatable bonds is 3. The third-order valence-corrected chi connectivity index (χ3v) is 3.64. The molecule has 0 atom stereocenters. The standard InChI is InChI=1S/C13H14N2O3S/c1-8-7-10(19-11(8)13(17)15(2)3)14-12(16)9-5-4-6-18-9/h4-7H,1-3H3,(H,14,16). The van der Waals surface area contributed by atoms with Gasteiger partial charge in [0, 0.05) is 14.1 Å². The fourth-order valence-electron chi connectivity index (χ4n) is 1.54. The largest absolute Gasteiger partial charge is 0.459 e. The van der Waals surface area contributed by atoms with Crippen LogP contribution in [0.15, 0.2) is 28.9 Å². The van der Waals surface area contributed by atoms with E-state index < -0.39 is 0 Å². The molecule has 0 aromatic carbocycles. The summed E-state index contributed by atoms with van der Waals surface area (Å²) in [6.07, 6.45) is 1.44. The van der Waals surface area contributed by atoms with Gasteiger partial charge in [-0.05, 0) is 30.7 Å². The maximum Gasteiger partial charge on any atom is 0.291 e. The molecule has 6 heteroatoms. The van der Waals surface area contributed by atoms with Crippen molar-refractivity contribution in [1.82, 2.24) is 4.90 Å². The molecule has 2 heterocycles. The van der Waals surface area contributed by atoms with Crippen molar-refractivity contribution in [1.29, 1.82) is 0 Å². The van der Waals surface area contributed by atoms with Gasteiger partial charge in [0.15, 0.2) is 5.76 Å². The lowest BCUT2D eigenvalue weighted by Crippen LogP contribution is -2.21. The van der Waals surface area contributed by atoms with Crippen molar-refractivity contribution >= 4 is 28.2 Å². The molecule has 100 valence electrons. The summed E-state index contributed by atoms with van der Waals surface area (Å²) in [5.74, 6) is -0.150. The summed E-state index contributed by atoms with van der Waals surface area (Å²) in [4.78, 5) is 25.8. The number of hydrogen-bond donors (Lipinski definition) is 1. The molecule has 19 heavy (non-hydrogen) atoms. The number of nitrogens with zero attached hydrogens (tertiary/aromatic N) is 1. The Bertz CT molecular complexity index is 599. The summed E-state index contributed by atoms with van der Waals surface area (Å²) >= 11 is 1.26. The highest BCUT2D eigenvalue weighted by Gasteiger charge is 2.17. The molecule has 0 saturated heterocycles. The van der Waals surface area contributed by atoms with Crippen LogP contribution in [-0.4, -0.2) is 30.8 Å². The van der Waals surface area contributed by atoms with E-state index in [1.165, 1.54) is 22.5 Å². The van der Waals surface area contributed by atoms with E-state index in [0.717, 1.165) is 5.56 Å². The van der Waals surface area contributed by atoms with Gasteiger partial charge in [0.2, 0.25) is 0 Å². The minimum atomic E-state index is -0.324. The van der Waals surface area contributed by atoms with Gasteiger partial charge in [0.25, 0.3) is 11.8 Å². The molecule has 0 fully saturated rings. The Hall–Kier alpha value is -2.08. The van der Waals surface area contributed by atoms with Crippen LogP contribution in [0.25, 0.3) is 0 Å². The fraction of sp³-hybridized carbons (Fsp3) is 0.231. The van der Waals surface area contributed by atoms with Crippen LogP contribution in [0.3, 0.4) is 0 Å². The summed E-state index contributed by atoms with van der Waals surface area (Å²) in [5.41, 5.74) is 0.846. The number of carbonyl (C=O) groups is 2. The molecule has 0 aliphatic rings. The minimum absolute atomic E-state index is 0.0685. The highest BCUT2D eigenvalue weighted by Crippen LogP contribution is 2.27. The van der Waals surface area contributed by atoms with Gasteiger partial charge in [-0.25, -0.2) is 0 Å². The van der Waals surface area contributed by atoms with E-state index in [2.05, 4.69) is 5.32 Å². The van der Waals surface area contributed by atoms with E-state index in [1.807, 2.05) is 6.92 Å². The molecule has 0 radical (unpaired) electrons. The predicted octanol–water partition coefficient (Wildman–Crippen LogP) is 2.60. The molecule has 2 rings (SSSR count). The summed E-state index contributed by atoms with van der Waals surface area (Å²) < 4.78 is 5.01. The number of furan rings is 1. The molecule has 0 aliphatic heterocycles. The molecular formula is C13H14N2O3S. The zero-order valence-corrected chi connectivity index (χ0v) is 11.7. The lowest BCUT2D eigenvalue weighted by Gasteiger charge is -2.08. The fourth-order valence-corrected chi connectivity index (χ4v) is 2.63. The molecule has 0 saturated carbocycles. The number of aryl methyl sites for hydroxylation is 1. The molecule has 1 N–H and O–H groups in total. The molecule has 0 unspecified atom stereocenters. The van der Waals surface area contributed by atoms with Crippen molar-refractivity contribution in [2.24, 2.45) is 0 Å². The Morgan fingerprint density at radius 2 is 2.11 bits per heavy atom. The summed E-state index contributed by atoms with van der Waals surface area (Å²) in [5, 5.41) is 3.34. The first-order chi connectivity index (χ1) is 8.99. The second-order valence-corrected chi connectivity index (χ2v) is 5.31. The lowest BCUT2D eigenvalue weighted by molar-refractivity contribution is 0.0831. The van der Waals surface area contributed by atoms with Crippen molar-refractivity contribution < 1.29 is 14.0 Å². The Labute approximate surface area is 114 Å². The van der Waals surface area contributed by atoms with Crippen LogP contribution in [0, 0.1) is 6.92 Å². The number of carbonyl (C=O) groups excluding carboxylic acids is 2. The van der Waals surface area contributed by atoms with Crippen LogP contribution in [0.1, 0.15) is 25.8 Å². The van der Waals surface area contributed by atoms with Crippen LogP contribution >= 0.6 is 11.3 Å². The Morgan fingerprint density at radius 3 is 2.68 bits per heavy atom. The number of hydrogen-bond acceptors (Lipinski definition) is 4.